The molecule has 9 aromatic carbocycles. The van der Waals surface area contributed by atoms with Gasteiger partial charge in [0.25, 0.3) is 0 Å². The molecule has 6 aromatic heterocycles. The van der Waals surface area contributed by atoms with Crippen LogP contribution in [0.5, 0.6) is 17.2 Å². The number of fused-ring (bicyclic) bond motifs is 3. The molecule has 0 amide bonds. The number of unbranched alkanes of at least 4 members (excludes halogenated alkanes) is 1. The van der Waals surface area contributed by atoms with Gasteiger partial charge in [0, 0.05) is 32.8 Å². The zero-order valence-electron chi connectivity index (χ0n) is 54.4. The van der Waals surface area contributed by atoms with Crippen molar-refractivity contribution in [3.05, 3.63) is 305 Å². The van der Waals surface area contributed by atoms with E-state index in [4.69, 9.17) is 19.2 Å². The fourth-order valence-electron chi connectivity index (χ4n) is 11.6. The molecule has 6 heterocycles. The van der Waals surface area contributed by atoms with Crippen molar-refractivity contribution in [2.75, 3.05) is 0 Å². The third-order valence-electron chi connectivity index (χ3n) is 17.0. The van der Waals surface area contributed by atoms with E-state index in [0.29, 0.717) is 43.2 Å². The number of aromatic amines is 3. The topological polar surface area (TPSA) is 230 Å². The van der Waals surface area contributed by atoms with Gasteiger partial charge in [-0.2, -0.15) is 15.6 Å². The Morgan fingerprint density at radius 2 is 0.724 bits per heavy atom. The summed E-state index contributed by atoms with van der Waals surface area (Å²) in [6, 6.07) is 86.9. The highest BCUT2D eigenvalue weighted by Crippen LogP contribution is 2.28. The highest BCUT2D eigenvalue weighted by Gasteiger charge is 2.12. The highest BCUT2D eigenvalue weighted by atomic mass is 16.5. The number of para-hydroxylation sites is 3. The maximum atomic E-state index is 6.06. The zero-order valence-corrected chi connectivity index (χ0v) is 54.4. The number of ether oxygens (including phenoxy) is 3. The molecule has 98 heavy (non-hydrogen) atoms. The number of aromatic nitrogens is 15. The molecule has 0 radical (unpaired) electrons. The lowest BCUT2D eigenvalue weighted by atomic mass is 9.93. The van der Waals surface area contributed by atoms with E-state index in [1.54, 1.807) is 0 Å². The number of H-pyrrole nitrogens is 3. The molecule has 15 rings (SSSR count). The van der Waals surface area contributed by atoms with Gasteiger partial charge in [0.15, 0.2) is 0 Å². The van der Waals surface area contributed by atoms with Crippen molar-refractivity contribution >= 4 is 32.7 Å². The maximum absolute atomic E-state index is 6.06. The van der Waals surface area contributed by atoms with Crippen molar-refractivity contribution in [1.82, 2.24) is 76.8 Å². The predicted octanol–water partition coefficient (Wildman–Crippen LogP) is 16.5. The summed E-state index contributed by atoms with van der Waals surface area (Å²) < 4.78 is 18.0. The Balaban J connectivity index is 0.000000132. The summed E-state index contributed by atoms with van der Waals surface area (Å²) in [5.74, 6) is 4.91. The van der Waals surface area contributed by atoms with Crippen molar-refractivity contribution < 1.29 is 14.2 Å². The summed E-state index contributed by atoms with van der Waals surface area (Å²) in [6.45, 7) is 3.64. The number of rotatable bonds is 25. The Hall–Kier alpha value is -12.2. The lowest BCUT2D eigenvalue weighted by molar-refractivity contribution is 0.301. The van der Waals surface area contributed by atoms with E-state index < -0.39 is 0 Å². The molecule has 0 spiro atoms. The van der Waals surface area contributed by atoms with Crippen LogP contribution in [0.4, 0.5) is 0 Å². The van der Waals surface area contributed by atoms with Crippen molar-refractivity contribution in [2.24, 2.45) is 0 Å². The summed E-state index contributed by atoms with van der Waals surface area (Å²) in [5.41, 5.74) is 16.5. The Labute approximate surface area is 568 Å². The lowest BCUT2D eigenvalue weighted by Gasteiger charge is -2.14. The molecule has 0 saturated carbocycles. The first-order valence-corrected chi connectivity index (χ1v) is 33.1. The second-order valence-electron chi connectivity index (χ2n) is 24.0. The molecule has 0 aliphatic heterocycles. The van der Waals surface area contributed by atoms with Crippen LogP contribution in [0.1, 0.15) is 89.0 Å². The standard InChI is InChI=1S/2C27H25N5O.C26H23N5O/c1-19(9-10-20-11-13-22(14-12-20)27-29-31-32-30-27)23-6-4-7-25(17-23)33-18-24-16-15-21-5-2-3-8-26(21)28-24;1(6-20-12-14-23(15-13-20)27-29-31-32-30-27)2-7-21-8-5-10-25(18-21)33-19-24-17-16-22-9-3-4-11-26(22)28-24;1-2-10-25-21(8-1)13-14-23(27-25)18-32-24-15-11-19(12-16-24)5-3-6-20-7-4-9-22(17-20)26-28-30-31-29-26/h2-8,11-17,19H,9-10,18H2,1H3,(H,29,30,31,32);3-5,8-18H,1-2,6-7,19H2,(H,29,30,31,32);1-2,4,7-17H,3,5-6,18H2,(H,28,29,30,31). The minimum Gasteiger partial charge on any atom is -0.487 e. The number of benzene rings is 9. The van der Waals surface area contributed by atoms with E-state index in [2.05, 4.69) is 200 Å². The third kappa shape index (κ3) is 18.2. The van der Waals surface area contributed by atoms with Crippen LogP contribution in [0.3, 0.4) is 0 Å². The van der Waals surface area contributed by atoms with Crippen molar-refractivity contribution in [2.45, 2.75) is 90.4 Å². The van der Waals surface area contributed by atoms with Crippen LogP contribution in [0.2, 0.25) is 0 Å². The van der Waals surface area contributed by atoms with Gasteiger partial charge in [-0.1, -0.05) is 183 Å². The normalized spacial score (nSPS) is 11.4. The van der Waals surface area contributed by atoms with Gasteiger partial charge >= 0.3 is 0 Å². The molecular weight excluding hydrogens is 1220 g/mol. The van der Waals surface area contributed by atoms with Crippen molar-refractivity contribution in [3.8, 4) is 51.4 Å². The number of nitrogens with one attached hydrogen (secondary N) is 3. The van der Waals surface area contributed by atoms with Crippen LogP contribution in [-0.4, -0.2) is 76.8 Å². The third-order valence-corrected chi connectivity index (χ3v) is 17.0. The van der Waals surface area contributed by atoms with Gasteiger partial charge < -0.3 is 14.2 Å². The molecular formula is C80H73N15O3. The van der Waals surface area contributed by atoms with Gasteiger partial charge in [0.2, 0.25) is 17.5 Å². The molecule has 0 bridgehead atoms. The smallest absolute Gasteiger partial charge is 0.204 e. The molecule has 18 nitrogen and oxygen atoms in total. The number of hydrogen-bond acceptors (Lipinski definition) is 15. The lowest BCUT2D eigenvalue weighted by Crippen LogP contribution is -2.00. The van der Waals surface area contributed by atoms with Gasteiger partial charge in [-0.3, -0.25) is 0 Å². The molecule has 486 valence electrons. The summed E-state index contributed by atoms with van der Waals surface area (Å²) in [5, 5.41) is 45.9. The molecule has 0 fully saturated rings. The van der Waals surface area contributed by atoms with Crippen molar-refractivity contribution in [3.63, 3.8) is 0 Å². The second kappa shape index (κ2) is 32.8. The van der Waals surface area contributed by atoms with Crippen LogP contribution in [-0.2, 0) is 51.9 Å². The highest BCUT2D eigenvalue weighted by molar-refractivity contribution is 5.80. The predicted molar refractivity (Wildman–Crippen MR) is 382 cm³/mol. The fraction of sp³-hybridized carbons (Fsp3) is 0.175. The minimum atomic E-state index is 0.421. The minimum absolute atomic E-state index is 0.421. The van der Waals surface area contributed by atoms with Gasteiger partial charge in [-0.25, -0.2) is 15.0 Å². The largest absolute Gasteiger partial charge is 0.487 e. The van der Waals surface area contributed by atoms with Gasteiger partial charge in [-0.15, -0.1) is 30.6 Å². The Kier molecular flexibility index (Phi) is 21.6. The average molecular weight is 1290 g/mol. The number of nitrogens with zero attached hydrogens (tertiary/aromatic N) is 12. The van der Waals surface area contributed by atoms with Crippen LogP contribution in [0.15, 0.2) is 255 Å². The summed E-state index contributed by atoms with van der Waals surface area (Å²) >= 11 is 0. The first-order chi connectivity index (χ1) is 48.4. The molecule has 0 aliphatic rings. The Morgan fingerprint density at radius 1 is 0.316 bits per heavy atom. The van der Waals surface area contributed by atoms with E-state index in [-0.39, 0.29) is 0 Å². The van der Waals surface area contributed by atoms with E-state index in [0.717, 1.165) is 142 Å². The first-order valence-electron chi connectivity index (χ1n) is 33.1. The summed E-state index contributed by atoms with van der Waals surface area (Å²) in [7, 11) is 0. The summed E-state index contributed by atoms with van der Waals surface area (Å²) in [6.07, 6.45) is 9.48. The molecule has 15 aromatic rings. The molecule has 3 N–H and O–H groups in total. The maximum Gasteiger partial charge on any atom is 0.204 e. The van der Waals surface area contributed by atoms with E-state index in [1.807, 2.05) is 133 Å². The van der Waals surface area contributed by atoms with Crippen LogP contribution in [0.25, 0.3) is 66.9 Å². The van der Waals surface area contributed by atoms with Crippen LogP contribution in [0, 0.1) is 0 Å². The molecule has 0 saturated heterocycles. The van der Waals surface area contributed by atoms with E-state index >= 15 is 0 Å². The zero-order chi connectivity index (χ0) is 66.3. The quantitative estimate of drug-likeness (QED) is 0.0452. The monoisotopic (exact) mass is 1290 g/mol. The molecule has 18 heteroatoms. The van der Waals surface area contributed by atoms with Gasteiger partial charge in [0.05, 0.1) is 33.6 Å². The number of tetrazole rings is 3. The fourth-order valence-corrected chi connectivity index (χ4v) is 11.6. The van der Waals surface area contributed by atoms with E-state index in [9.17, 15) is 0 Å². The average Bonchev–Trinajstić information content (AvgIpc) is 2.91. The van der Waals surface area contributed by atoms with E-state index in [1.165, 1.54) is 33.4 Å². The van der Waals surface area contributed by atoms with Crippen LogP contribution >= 0.6 is 0 Å². The van der Waals surface area contributed by atoms with Crippen molar-refractivity contribution in [1.29, 1.82) is 0 Å². The number of aryl methyl sites for hydroxylation is 5. The number of pyridine rings is 3. The molecule has 1 unspecified atom stereocenters. The van der Waals surface area contributed by atoms with Crippen LogP contribution < -0.4 is 14.2 Å². The second-order valence-corrected chi connectivity index (χ2v) is 24.0. The molecule has 1 atom stereocenters. The SMILES string of the molecule is CC(CCc1ccc(-c2nn[nH]n2)cc1)c1cccc(OCc2ccc3ccccc3n2)c1.c1cc(CCCCc2ccc(-c3nn[nH]n3)cc2)cc(OCc2ccc3ccccc3n2)c1.c1cc(CCCc2ccc(OCc3ccc4ccccc4n3)cc2)cc(-c2nn[nH]n2)c1. The van der Waals surface area contributed by atoms with Gasteiger partial charge in [0.1, 0.15) is 37.1 Å². The van der Waals surface area contributed by atoms with Gasteiger partial charge in [-0.05, 0) is 192 Å². The summed E-state index contributed by atoms with van der Waals surface area (Å²) in [4.78, 5) is 14.0. The Bertz CT molecular complexity index is 4940. The molecule has 0 aliphatic carbocycles. The Morgan fingerprint density at radius 3 is 1.23 bits per heavy atom. The number of hydrogen-bond donors (Lipinski definition) is 3. The first kappa shape index (κ1) is 64.5.